The highest BCUT2D eigenvalue weighted by molar-refractivity contribution is 5.31. The Labute approximate surface area is 127 Å². The van der Waals surface area contributed by atoms with Gasteiger partial charge >= 0.3 is 0 Å². The Kier molecular flexibility index (Phi) is 5.40. The number of hydrogen-bond acceptors (Lipinski definition) is 2. The van der Waals surface area contributed by atoms with E-state index in [2.05, 4.69) is 45.0 Å². The topological polar surface area (TPSA) is 35.2 Å². The van der Waals surface area contributed by atoms with Gasteiger partial charge in [0.1, 0.15) is 11.9 Å². The van der Waals surface area contributed by atoms with Crippen LogP contribution in [-0.4, -0.2) is 6.10 Å². The molecule has 0 aliphatic carbocycles. The van der Waals surface area contributed by atoms with Crippen molar-refractivity contribution in [1.82, 2.24) is 0 Å². The Morgan fingerprint density at radius 2 is 1.62 bits per heavy atom. The lowest BCUT2D eigenvalue weighted by Gasteiger charge is -2.25. The Bertz CT molecular complexity index is 551. The largest absolute Gasteiger partial charge is 0.488 e. The fourth-order valence-corrected chi connectivity index (χ4v) is 2.42. The average Bonchev–Trinajstić information content (AvgIpc) is 2.53. The number of hydrogen-bond donors (Lipinski definition) is 1. The van der Waals surface area contributed by atoms with Gasteiger partial charge in [0, 0.05) is 0 Å². The standard InChI is InChI=1S/C19H25NO/c1-4-18(19(20)15-9-6-5-7-10-15)21-17-12-8-11-16(13-17)14(2)3/h5-14,18-19H,4,20H2,1-3H3. The van der Waals surface area contributed by atoms with Gasteiger partial charge in [-0.05, 0) is 35.6 Å². The minimum Gasteiger partial charge on any atom is -0.488 e. The molecule has 2 nitrogen and oxygen atoms in total. The van der Waals surface area contributed by atoms with E-state index in [4.69, 9.17) is 10.5 Å². The third-order valence-electron chi connectivity index (χ3n) is 3.80. The molecule has 2 aromatic rings. The highest BCUT2D eigenvalue weighted by Crippen LogP contribution is 2.25. The van der Waals surface area contributed by atoms with Crippen LogP contribution < -0.4 is 10.5 Å². The Morgan fingerprint density at radius 3 is 2.24 bits per heavy atom. The molecule has 0 heterocycles. The van der Waals surface area contributed by atoms with Gasteiger partial charge in [-0.2, -0.15) is 0 Å². The predicted octanol–water partition coefficient (Wildman–Crippen LogP) is 4.67. The van der Waals surface area contributed by atoms with Gasteiger partial charge in [-0.25, -0.2) is 0 Å². The molecule has 2 heteroatoms. The van der Waals surface area contributed by atoms with Gasteiger partial charge in [0.25, 0.3) is 0 Å². The summed E-state index contributed by atoms with van der Waals surface area (Å²) in [5.41, 5.74) is 8.77. The van der Waals surface area contributed by atoms with E-state index < -0.39 is 0 Å². The zero-order valence-electron chi connectivity index (χ0n) is 13.1. The molecule has 0 aromatic heterocycles. The highest BCUT2D eigenvalue weighted by Gasteiger charge is 2.19. The summed E-state index contributed by atoms with van der Waals surface area (Å²) >= 11 is 0. The van der Waals surface area contributed by atoms with Crippen LogP contribution in [-0.2, 0) is 0 Å². The quantitative estimate of drug-likeness (QED) is 0.836. The fourth-order valence-electron chi connectivity index (χ4n) is 2.42. The average molecular weight is 283 g/mol. The second-order valence-corrected chi connectivity index (χ2v) is 5.73. The number of ether oxygens (including phenoxy) is 1. The molecule has 0 spiro atoms. The minimum atomic E-state index is -0.112. The van der Waals surface area contributed by atoms with Crippen molar-refractivity contribution in [2.24, 2.45) is 5.73 Å². The van der Waals surface area contributed by atoms with E-state index in [0.29, 0.717) is 5.92 Å². The van der Waals surface area contributed by atoms with E-state index in [0.717, 1.165) is 17.7 Å². The van der Waals surface area contributed by atoms with Gasteiger partial charge in [0.2, 0.25) is 0 Å². The van der Waals surface area contributed by atoms with Crippen molar-refractivity contribution in [1.29, 1.82) is 0 Å². The second-order valence-electron chi connectivity index (χ2n) is 5.73. The summed E-state index contributed by atoms with van der Waals surface area (Å²) < 4.78 is 6.15. The van der Waals surface area contributed by atoms with Gasteiger partial charge in [0.05, 0.1) is 6.04 Å². The lowest BCUT2D eigenvalue weighted by atomic mass is 10.00. The maximum Gasteiger partial charge on any atom is 0.120 e. The molecule has 0 radical (unpaired) electrons. The predicted molar refractivity (Wildman–Crippen MR) is 88.6 cm³/mol. The van der Waals surface area contributed by atoms with Gasteiger partial charge in [-0.1, -0.05) is 63.2 Å². The van der Waals surface area contributed by atoms with Gasteiger partial charge in [0.15, 0.2) is 0 Å². The van der Waals surface area contributed by atoms with Crippen molar-refractivity contribution < 1.29 is 4.74 Å². The van der Waals surface area contributed by atoms with Crippen LogP contribution in [0.3, 0.4) is 0 Å². The first-order valence-corrected chi connectivity index (χ1v) is 7.69. The summed E-state index contributed by atoms with van der Waals surface area (Å²) in [5, 5.41) is 0. The lowest BCUT2D eigenvalue weighted by Crippen LogP contribution is -2.30. The monoisotopic (exact) mass is 283 g/mol. The maximum absolute atomic E-state index is 6.37. The molecule has 0 saturated carbocycles. The first-order chi connectivity index (χ1) is 10.1. The lowest BCUT2D eigenvalue weighted by molar-refractivity contribution is 0.166. The van der Waals surface area contributed by atoms with Crippen LogP contribution in [0.15, 0.2) is 54.6 Å². The number of benzene rings is 2. The molecular weight excluding hydrogens is 258 g/mol. The molecule has 0 aliphatic rings. The molecule has 21 heavy (non-hydrogen) atoms. The first kappa shape index (κ1) is 15.6. The summed E-state index contributed by atoms with van der Waals surface area (Å²) in [5.74, 6) is 1.40. The summed E-state index contributed by atoms with van der Waals surface area (Å²) in [6, 6.07) is 18.3. The van der Waals surface area contributed by atoms with E-state index in [1.165, 1.54) is 5.56 Å². The zero-order chi connectivity index (χ0) is 15.2. The molecule has 0 aliphatic heterocycles. The molecule has 0 fully saturated rings. The summed E-state index contributed by atoms with van der Waals surface area (Å²) in [6.45, 7) is 6.48. The summed E-state index contributed by atoms with van der Waals surface area (Å²) in [4.78, 5) is 0. The molecule has 112 valence electrons. The zero-order valence-corrected chi connectivity index (χ0v) is 13.1. The minimum absolute atomic E-state index is 0.0187. The van der Waals surface area contributed by atoms with E-state index in [-0.39, 0.29) is 12.1 Å². The Balaban J connectivity index is 2.14. The molecule has 0 amide bonds. The van der Waals surface area contributed by atoms with Crippen molar-refractivity contribution in [3.63, 3.8) is 0 Å². The Hall–Kier alpha value is -1.80. The Morgan fingerprint density at radius 1 is 0.952 bits per heavy atom. The smallest absolute Gasteiger partial charge is 0.120 e. The van der Waals surface area contributed by atoms with E-state index in [9.17, 15) is 0 Å². The van der Waals surface area contributed by atoms with Crippen LogP contribution in [0.2, 0.25) is 0 Å². The van der Waals surface area contributed by atoms with Gasteiger partial charge in [-0.3, -0.25) is 0 Å². The van der Waals surface area contributed by atoms with Crippen LogP contribution >= 0.6 is 0 Å². The van der Waals surface area contributed by atoms with Crippen LogP contribution in [0, 0.1) is 0 Å². The molecule has 0 saturated heterocycles. The SMILES string of the molecule is CCC(Oc1cccc(C(C)C)c1)C(N)c1ccccc1. The van der Waals surface area contributed by atoms with Crippen molar-refractivity contribution in [2.45, 2.75) is 45.3 Å². The normalized spacial score (nSPS) is 14.0. The third kappa shape index (κ3) is 4.08. The van der Waals surface area contributed by atoms with Crippen molar-refractivity contribution in [2.75, 3.05) is 0 Å². The summed E-state index contributed by atoms with van der Waals surface area (Å²) in [6.07, 6.45) is 0.858. The van der Waals surface area contributed by atoms with Crippen LogP contribution in [0.1, 0.15) is 50.3 Å². The summed E-state index contributed by atoms with van der Waals surface area (Å²) in [7, 11) is 0. The van der Waals surface area contributed by atoms with Gasteiger partial charge < -0.3 is 10.5 Å². The maximum atomic E-state index is 6.37. The molecule has 2 atom stereocenters. The van der Waals surface area contributed by atoms with E-state index in [1.54, 1.807) is 0 Å². The first-order valence-electron chi connectivity index (χ1n) is 7.69. The van der Waals surface area contributed by atoms with Gasteiger partial charge in [-0.15, -0.1) is 0 Å². The molecular formula is C19H25NO. The molecule has 2 aromatic carbocycles. The second kappa shape index (κ2) is 7.28. The van der Waals surface area contributed by atoms with Crippen molar-refractivity contribution in [3.05, 3.63) is 65.7 Å². The number of nitrogens with two attached hydrogens (primary N) is 1. The molecule has 2 N–H and O–H groups in total. The molecule has 2 rings (SSSR count). The van der Waals surface area contributed by atoms with E-state index in [1.807, 2.05) is 30.3 Å². The van der Waals surface area contributed by atoms with E-state index >= 15 is 0 Å². The molecule has 0 bridgehead atoms. The third-order valence-corrected chi connectivity index (χ3v) is 3.80. The fraction of sp³-hybridized carbons (Fsp3) is 0.368. The van der Waals surface area contributed by atoms with Crippen LogP contribution in [0.5, 0.6) is 5.75 Å². The number of rotatable bonds is 6. The van der Waals surface area contributed by atoms with Crippen molar-refractivity contribution in [3.8, 4) is 5.75 Å². The molecule has 2 unspecified atom stereocenters. The van der Waals surface area contributed by atoms with Crippen molar-refractivity contribution >= 4 is 0 Å². The van der Waals surface area contributed by atoms with Crippen LogP contribution in [0.25, 0.3) is 0 Å². The van der Waals surface area contributed by atoms with Crippen LogP contribution in [0.4, 0.5) is 0 Å². The highest BCUT2D eigenvalue weighted by atomic mass is 16.5.